The zero-order valence-corrected chi connectivity index (χ0v) is 35.3. The van der Waals surface area contributed by atoms with E-state index in [1.165, 1.54) is 25.7 Å². The number of carbonyl (C=O) groups excluding carboxylic acids is 2. The van der Waals surface area contributed by atoms with Crippen molar-refractivity contribution in [3.63, 3.8) is 0 Å². The molecule has 0 bridgehead atoms. The Hall–Kier alpha value is -2.81. The molecule has 0 fully saturated rings. The van der Waals surface area contributed by atoms with E-state index in [9.17, 15) is 19.0 Å². The summed E-state index contributed by atoms with van der Waals surface area (Å²) in [4.78, 5) is 34.8. The van der Waals surface area contributed by atoms with E-state index in [1.54, 1.807) is 0 Å². The van der Waals surface area contributed by atoms with Gasteiger partial charge in [0.25, 0.3) is 0 Å². The number of ether oxygens (including phenoxy) is 2. The van der Waals surface area contributed by atoms with Gasteiger partial charge >= 0.3 is 19.8 Å². The third kappa shape index (κ3) is 40.7. The van der Waals surface area contributed by atoms with Gasteiger partial charge in [0.2, 0.25) is 0 Å². The van der Waals surface area contributed by atoms with Crippen molar-refractivity contribution in [3.8, 4) is 0 Å². The fourth-order valence-electron chi connectivity index (χ4n) is 5.16. The Morgan fingerprint density at radius 2 is 1.00 bits per heavy atom. The van der Waals surface area contributed by atoms with Gasteiger partial charge in [0.05, 0.1) is 13.2 Å². The molecule has 0 aromatic rings. The second-order valence-corrected chi connectivity index (χ2v) is 14.9. The molecule has 10 heteroatoms. The van der Waals surface area contributed by atoms with Crippen molar-refractivity contribution in [2.45, 2.75) is 161 Å². The fourth-order valence-corrected chi connectivity index (χ4v) is 5.92. The maximum absolute atomic E-state index is 12.6. The maximum atomic E-state index is 12.6. The molecule has 0 aromatic carbocycles. The summed E-state index contributed by atoms with van der Waals surface area (Å²) in [5.74, 6) is -0.894. The molecule has 1 unspecified atom stereocenters. The number of unbranched alkanes of at least 4 members (excludes halogenated alkanes) is 11. The van der Waals surface area contributed by atoms with Gasteiger partial charge in [0.15, 0.2) is 6.10 Å². The molecule has 3 N–H and O–H groups in total. The lowest BCUT2D eigenvalue weighted by Gasteiger charge is -2.19. The lowest BCUT2D eigenvalue weighted by atomic mass is 10.1. The second kappa shape index (κ2) is 40.8. The minimum Gasteiger partial charge on any atom is -0.462 e. The summed E-state index contributed by atoms with van der Waals surface area (Å²) in [6, 6.07) is 0. The molecule has 0 heterocycles. The van der Waals surface area contributed by atoms with Gasteiger partial charge in [0.1, 0.15) is 6.61 Å². The molecule has 0 amide bonds. The number of esters is 2. The largest absolute Gasteiger partial charge is 0.472 e. The summed E-state index contributed by atoms with van der Waals surface area (Å²) in [6.45, 7) is 3.51. The van der Waals surface area contributed by atoms with Crippen LogP contribution in [0.25, 0.3) is 0 Å². The summed E-state index contributed by atoms with van der Waals surface area (Å²) in [5, 5.41) is 0. The van der Waals surface area contributed by atoms with E-state index >= 15 is 0 Å². The third-order valence-electron chi connectivity index (χ3n) is 8.27. The molecular weight excluding hydrogens is 713 g/mol. The van der Waals surface area contributed by atoms with Gasteiger partial charge in [-0.1, -0.05) is 137 Å². The van der Waals surface area contributed by atoms with E-state index in [-0.39, 0.29) is 32.6 Å². The smallest absolute Gasteiger partial charge is 0.462 e. The van der Waals surface area contributed by atoms with Crippen molar-refractivity contribution in [1.82, 2.24) is 0 Å². The highest BCUT2D eigenvalue weighted by Gasteiger charge is 2.25. The highest BCUT2D eigenvalue weighted by molar-refractivity contribution is 7.47. The van der Waals surface area contributed by atoms with Crippen molar-refractivity contribution in [3.05, 3.63) is 85.1 Å². The molecule has 314 valence electrons. The topological polar surface area (TPSA) is 134 Å². The van der Waals surface area contributed by atoms with Gasteiger partial charge in [-0.15, -0.1) is 0 Å². The summed E-state index contributed by atoms with van der Waals surface area (Å²) in [7, 11) is -4.39. The predicted molar refractivity (Wildman–Crippen MR) is 229 cm³/mol. The SMILES string of the molecule is CCC=CCC=CCC=CCCCCCCCC(=O)O[C@H](COC(=O)CCCCCC=CCC=CCC=CCC=CCCCCC)COP(=O)(O)OCCN. The summed E-state index contributed by atoms with van der Waals surface area (Å²) in [6.07, 6.45) is 50.4. The average Bonchev–Trinajstić information content (AvgIpc) is 3.17. The normalized spacial score (nSPS) is 14.2. The van der Waals surface area contributed by atoms with Gasteiger partial charge in [0, 0.05) is 19.4 Å². The van der Waals surface area contributed by atoms with E-state index < -0.39 is 32.5 Å². The molecule has 0 spiro atoms. The minimum atomic E-state index is -4.39. The molecule has 0 aliphatic rings. The van der Waals surface area contributed by atoms with Crippen LogP contribution in [0.5, 0.6) is 0 Å². The van der Waals surface area contributed by atoms with Crippen LogP contribution in [0.15, 0.2) is 85.1 Å². The number of phosphoric ester groups is 1. The standard InChI is InChI=1S/C45H76NO8P/c1-3-5-7-9-11-13-15-17-19-20-21-22-24-25-27-29-31-33-35-37-44(47)51-41-43(42-53-55(49,50)52-40-39-46)54-45(48)38-36-34-32-30-28-26-23-18-16-14-12-10-8-6-4-2/h6,8,11-14,17-19,21-23,25,27,43H,3-5,7,9-10,15-16,20,24,26,28-42,46H2,1-2H3,(H,49,50)/t43-/m1/s1. The van der Waals surface area contributed by atoms with Crippen LogP contribution in [0.2, 0.25) is 0 Å². The van der Waals surface area contributed by atoms with Gasteiger partial charge in [-0.25, -0.2) is 4.57 Å². The van der Waals surface area contributed by atoms with E-state index in [4.69, 9.17) is 24.3 Å². The van der Waals surface area contributed by atoms with Crippen LogP contribution in [0.1, 0.15) is 155 Å². The lowest BCUT2D eigenvalue weighted by Crippen LogP contribution is -2.29. The van der Waals surface area contributed by atoms with Gasteiger partial charge in [-0.2, -0.15) is 0 Å². The second-order valence-electron chi connectivity index (χ2n) is 13.5. The van der Waals surface area contributed by atoms with Crippen molar-refractivity contribution in [1.29, 1.82) is 0 Å². The van der Waals surface area contributed by atoms with Crippen molar-refractivity contribution >= 4 is 19.8 Å². The molecule has 0 aliphatic heterocycles. The quantitative estimate of drug-likeness (QED) is 0.0271. The van der Waals surface area contributed by atoms with Crippen LogP contribution >= 0.6 is 7.82 Å². The summed E-state index contributed by atoms with van der Waals surface area (Å²) in [5.41, 5.74) is 5.34. The number of carbonyl (C=O) groups is 2. The molecule has 0 aliphatic carbocycles. The summed E-state index contributed by atoms with van der Waals surface area (Å²) >= 11 is 0. The zero-order valence-electron chi connectivity index (χ0n) is 34.4. The Kier molecular flexibility index (Phi) is 38.8. The number of allylic oxidation sites excluding steroid dienone is 14. The van der Waals surface area contributed by atoms with Crippen LogP contribution in [-0.2, 0) is 32.7 Å². The zero-order chi connectivity index (χ0) is 40.3. The first-order valence-corrected chi connectivity index (χ1v) is 22.6. The first-order valence-electron chi connectivity index (χ1n) is 21.1. The minimum absolute atomic E-state index is 0.0409. The predicted octanol–water partition coefficient (Wildman–Crippen LogP) is 12.0. The Labute approximate surface area is 334 Å². The number of hydrogen-bond acceptors (Lipinski definition) is 8. The van der Waals surface area contributed by atoms with E-state index in [0.29, 0.717) is 12.8 Å². The Bertz CT molecular complexity index is 1170. The number of hydrogen-bond donors (Lipinski definition) is 2. The Morgan fingerprint density at radius 1 is 0.564 bits per heavy atom. The number of nitrogens with two attached hydrogens (primary N) is 1. The van der Waals surface area contributed by atoms with Crippen LogP contribution in [0.3, 0.4) is 0 Å². The number of phosphoric acid groups is 1. The molecule has 0 aromatic heterocycles. The molecule has 55 heavy (non-hydrogen) atoms. The van der Waals surface area contributed by atoms with Gasteiger partial charge in [-0.05, 0) is 89.9 Å². The Morgan fingerprint density at radius 3 is 1.51 bits per heavy atom. The van der Waals surface area contributed by atoms with Crippen LogP contribution in [0, 0.1) is 0 Å². The van der Waals surface area contributed by atoms with Crippen molar-refractivity contribution in [2.75, 3.05) is 26.4 Å². The fraction of sp³-hybridized carbons (Fsp3) is 0.644. The molecule has 0 radical (unpaired) electrons. The van der Waals surface area contributed by atoms with E-state index in [1.807, 2.05) is 0 Å². The monoisotopic (exact) mass is 790 g/mol. The molecule has 0 saturated carbocycles. The Balaban J connectivity index is 4.28. The van der Waals surface area contributed by atoms with Gasteiger partial charge < -0.3 is 20.1 Å². The van der Waals surface area contributed by atoms with Gasteiger partial charge in [-0.3, -0.25) is 18.6 Å². The average molecular weight is 790 g/mol. The molecule has 9 nitrogen and oxygen atoms in total. The van der Waals surface area contributed by atoms with Crippen LogP contribution in [0.4, 0.5) is 0 Å². The first-order chi connectivity index (χ1) is 26.8. The third-order valence-corrected chi connectivity index (χ3v) is 9.25. The van der Waals surface area contributed by atoms with E-state index in [0.717, 1.165) is 89.9 Å². The molecule has 2 atom stereocenters. The first kappa shape index (κ1) is 52.2. The molecule has 0 saturated heterocycles. The van der Waals surface area contributed by atoms with Crippen LogP contribution < -0.4 is 5.73 Å². The summed E-state index contributed by atoms with van der Waals surface area (Å²) < 4.78 is 32.7. The van der Waals surface area contributed by atoms with Crippen LogP contribution in [-0.4, -0.2) is 49.3 Å². The van der Waals surface area contributed by atoms with Crippen molar-refractivity contribution in [2.24, 2.45) is 5.73 Å². The van der Waals surface area contributed by atoms with E-state index in [2.05, 4.69) is 98.9 Å². The van der Waals surface area contributed by atoms with Crippen molar-refractivity contribution < 1.29 is 37.6 Å². The highest BCUT2D eigenvalue weighted by atomic mass is 31.2. The maximum Gasteiger partial charge on any atom is 0.472 e. The highest BCUT2D eigenvalue weighted by Crippen LogP contribution is 2.43. The molecule has 0 rings (SSSR count). The lowest BCUT2D eigenvalue weighted by molar-refractivity contribution is -0.161. The number of rotatable bonds is 38. The molecular formula is C45H76NO8P.